The van der Waals surface area contributed by atoms with Gasteiger partial charge in [-0.25, -0.2) is 4.98 Å². The molecule has 2 atom stereocenters. The summed E-state index contributed by atoms with van der Waals surface area (Å²) in [6, 6.07) is 0.704. The van der Waals surface area contributed by atoms with Gasteiger partial charge in [-0.3, -0.25) is 0 Å². The number of aliphatic hydroxyl groups is 1. The van der Waals surface area contributed by atoms with Crippen molar-refractivity contribution in [3.8, 4) is 0 Å². The van der Waals surface area contributed by atoms with Crippen molar-refractivity contribution in [2.24, 2.45) is 5.92 Å². The molecule has 0 spiro atoms. The maximum Gasteiger partial charge on any atom is 0.186 e. The lowest BCUT2D eigenvalue weighted by molar-refractivity contribution is 0.243. The van der Waals surface area contributed by atoms with E-state index in [2.05, 4.69) is 18.7 Å². The Hall–Kier alpha value is -0.610. The van der Waals surface area contributed by atoms with Crippen LogP contribution in [-0.4, -0.2) is 22.7 Å². The quantitative estimate of drug-likeness (QED) is 0.918. The lowest BCUT2D eigenvalue weighted by Crippen LogP contribution is -2.46. The minimum atomic E-state index is 0.132. The fourth-order valence-corrected chi connectivity index (χ4v) is 5.06. The van der Waals surface area contributed by atoms with E-state index in [0.717, 1.165) is 28.2 Å². The normalized spacial score (nSPS) is 26.9. The van der Waals surface area contributed by atoms with Gasteiger partial charge in [0.05, 0.1) is 17.2 Å². The molecule has 1 aromatic heterocycles. The average Bonchev–Trinajstić information content (AvgIpc) is 2.91. The van der Waals surface area contributed by atoms with Gasteiger partial charge < -0.3 is 10.0 Å². The van der Waals surface area contributed by atoms with Crippen molar-refractivity contribution in [3.05, 3.63) is 10.6 Å². The average molecular weight is 294 g/mol. The molecular formula is C16H26N2OS. The van der Waals surface area contributed by atoms with E-state index in [1.54, 1.807) is 11.3 Å². The van der Waals surface area contributed by atoms with Crippen molar-refractivity contribution in [1.82, 2.24) is 4.98 Å². The van der Waals surface area contributed by atoms with Gasteiger partial charge in [-0.1, -0.05) is 38.0 Å². The maximum atomic E-state index is 9.56. The Morgan fingerprint density at radius 1 is 1.25 bits per heavy atom. The Morgan fingerprint density at radius 3 is 2.70 bits per heavy atom. The maximum absolute atomic E-state index is 9.56. The van der Waals surface area contributed by atoms with Crippen LogP contribution < -0.4 is 4.90 Å². The first-order valence-electron chi connectivity index (χ1n) is 8.07. The zero-order valence-electron chi connectivity index (χ0n) is 12.6. The minimum Gasteiger partial charge on any atom is -0.391 e. The predicted molar refractivity (Wildman–Crippen MR) is 84.5 cm³/mol. The van der Waals surface area contributed by atoms with Crippen molar-refractivity contribution in [3.63, 3.8) is 0 Å². The van der Waals surface area contributed by atoms with Gasteiger partial charge >= 0.3 is 0 Å². The number of fused-ring (bicyclic) bond motifs is 1. The summed E-state index contributed by atoms with van der Waals surface area (Å²) in [5.74, 6) is 1.27. The second-order valence-corrected chi connectivity index (χ2v) is 7.63. The van der Waals surface area contributed by atoms with E-state index in [-0.39, 0.29) is 6.61 Å². The molecule has 1 saturated carbocycles. The molecule has 1 aromatic rings. The zero-order chi connectivity index (χ0) is 14.1. The molecule has 1 aliphatic heterocycles. The zero-order valence-corrected chi connectivity index (χ0v) is 13.5. The van der Waals surface area contributed by atoms with Crippen molar-refractivity contribution in [2.45, 2.75) is 70.9 Å². The van der Waals surface area contributed by atoms with E-state index in [9.17, 15) is 5.11 Å². The summed E-state index contributed by atoms with van der Waals surface area (Å²) in [7, 11) is 0. The number of piperidine rings is 1. The van der Waals surface area contributed by atoms with Crippen LogP contribution in [0.1, 0.15) is 68.9 Å². The van der Waals surface area contributed by atoms with Crippen LogP contribution in [0.5, 0.6) is 0 Å². The summed E-state index contributed by atoms with van der Waals surface area (Å²) in [4.78, 5) is 8.50. The molecule has 112 valence electrons. The topological polar surface area (TPSA) is 36.4 Å². The third kappa shape index (κ3) is 2.60. The molecule has 3 nitrogen and oxygen atoms in total. The van der Waals surface area contributed by atoms with Gasteiger partial charge in [-0.05, 0) is 37.5 Å². The Balaban J connectivity index is 1.87. The second kappa shape index (κ2) is 6.02. The molecule has 2 unspecified atom stereocenters. The van der Waals surface area contributed by atoms with Crippen LogP contribution in [0.4, 0.5) is 5.13 Å². The van der Waals surface area contributed by atoms with Crippen molar-refractivity contribution >= 4 is 16.5 Å². The molecule has 2 aliphatic rings. The van der Waals surface area contributed by atoms with Crippen LogP contribution in [0.2, 0.25) is 0 Å². The molecule has 2 heterocycles. The summed E-state index contributed by atoms with van der Waals surface area (Å²) in [6.07, 6.45) is 8.20. The third-order valence-corrected chi connectivity index (χ3v) is 5.99. The van der Waals surface area contributed by atoms with Crippen molar-refractivity contribution < 1.29 is 5.11 Å². The smallest absolute Gasteiger partial charge is 0.186 e. The van der Waals surface area contributed by atoms with E-state index >= 15 is 0 Å². The Labute approximate surface area is 126 Å². The number of rotatable bonds is 3. The summed E-state index contributed by atoms with van der Waals surface area (Å²) >= 11 is 1.71. The molecule has 0 bridgehead atoms. The highest BCUT2D eigenvalue weighted by Crippen LogP contribution is 2.40. The number of hydrogen-bond donors (Lipinski definition) is 1. The lowest BCUT2D eigenvalue weighted by Gasteiger charge is -2.44. The first-order valence-corrected chi connectivity index (χ1v) is 8.89. The van der Waals surface area contributed by atoms with Gasteiger partial charge in [-0.2, -0.15) is 0 Å². The Kier molecular flexibility index (Phi) is 4.32. The number of aliphatic hydroxyl groups excluding tert-OH is 1. The van der Waals surface area contributed by atoms with Crippen molar-refractivity contribution in [2.75, 3.05) is 11.4 Å². The standard InChI is InChI=1S/C16H26N2OS/c1-11(2)15-14(10-19)20-16(17-15)18-9-5-7-12-6-3-4-8-13(12)18/h11-13,19H,3-10H2,1-2H3. The van der Waals surface area contributed by atoms with Gasteiger partial charge in [0, 0.05) is 12.6 Å². The van der Waals surface area contributed by atoms with E-state index < -0.39 is 0 Å². The first-order chi connectivity index (χ1) is 9.70. The van der Waals surface area contributed by atoms with E-state index in [1.807, 2.05) is 0 Å². The van der Waals surface area contributed by atoms with Crippen LogP contribution in [-0.2, 0) is 6.61 Å². The van der Waals surface area contributed by atoms with E-state index in [1.165, 1.54) is 38.5 Å². The van der Waals surface area contributed by atoms with Gasteiger partial charge in [0.15, 0.2) is 5.13 Å². The van der Waals surface area contributed by atoms with Gasteiger partial charge in [-0.15, -0.1) is 0 Å². The number of thiazole rings is 1. The molecule has 20 heavy (non-hydrogen) atoms. The molecule has 1 aliphatic carbocycles. The van der Waals surface area contributed by atoms with Crippen LogP contribution >= 0.6 is 11.3 Å². The highest BCUT2D eigenvalue weighted by atomic mass is 32.1. The summed E-state index contributed by atoms with van der Waals surface area (Å²) in [6.45, 7) is 5.61. The second-order valence-electron chi connectivity index (χ2n) is 6.57. The number of aromatic nitrogens is 1. The fourth-order valence-electron chi connectivity index (χ4n) is 3.90. The van der Waals surface area contributed by atoms with Crippen molar-refractivity contribution in [1.29, 1.82) is 0 Å². The number of hydrogen-bond acceptors (Lipinski definition) is 4. The molecule has 1 N–H and O–H groups in total. The van der Waals surface area contributed by atoms with Gasteiger partial charge in [0.2, 0.25) is 0 Å². The summed E-state index contributed by atoms with van der Waals surface area (Å²) in [5, 5.41) is 10.7. The van der Waals surface area contributed by atoms with Crippen LogP contribution in [0.15, 0.2) is 0 Å². The molecule has 4 heteroatoms. The van der Waals surface area contributed by atoms with Gasteiger partial charge in [0.25, 0.3) is 0 Å². The molecule has 2 fully saturated rings. The van der Waals surface area contributed by atoms with Crippen LogP contribution in [0, 0.1) is 5.92 Å². The highest BCUT2D eigenvalue weighted by molar-refractivity contribution is 7.15. The third-order valence-electron chi connectivity index (χ3n) is 4.90. The van der Waals surface area contributed by atoms with Crippen LogP contribution in [0.3, 0.4) is 0 Å². The molecule has 1 saturated heterocycles. The number of nitrogens with zero attached hydrogens (tertiary/aromatic N) is 2. The Bertz CT molecular complexity index is 455. The van der Waals surface area contributed by atoms with Gasteiger partial charge in [0.1, 0.15) is 0 Å². The summed E-state index contributed by atoms with van der Waals surface area (Å²) < 4.78 is 0. The Morgan fingerprint density at radius 2 is 2.00 bits per heavy atom. The van der Waals surface area contributed by atoms with Crippen LogP contribution in [0.25, 0.3) is 0 Å². The largest absolute Gasteiger partial charge is 0.391 e. The van der Waals surface area contributed by atoms with E-state index in [0.29, 0.717) is 12.0 Å². The first kappa shape index (κ1) is 14.3. The molecular weight excluding hydrogens is 268 g/mol. The number of anilines is 1. The minimum absolute atomic E-state index is 0.132. The fraction of sp³-hybridized carbons (Fsp3) is 0.812. The van der Waals surface area contributed by atoms with E-state index in [4.69, 9.17) is 4.98 Å². The highest BCUT2D eigenvalue weighted by Gasteiger charge is 2.35. The molecule has 0 amide bonds. The molecule has 3 rings (SSSR count). The predicted octanol–water partition coefficient (Wildman–Crippen LogP) is 3.92. The lowest BCUT2D eigenvalue weighted by atomic mass is 9.78. The molecule has 0 aromatic carbocycles. The monoisotopic (exact) mass is 294 g/mol. The molecule has 0 radical (unpaired) electrons. The SMILES string of the molecule is CC(C)c1nc(N2CCCC3CCCCC32)sc1CO. The summed E-state index contributed by atoms with van der Waals surface area (Å²) in [5.41, 5.74) is 1.10.